The molecule has 1 heterocycles. The molecule has 0 aromatic heterocycles. The van der Waals surface area contributed by atoms with Gasteiger partial charge in [-0.05, 0) is 55.8 Å². The lowest BCUT2D eigenvalue weighted by atomic mass is 10.0. The summed E-state index contributed by atoms with van der Waals surface area (Å²) in [5.41, 5.74) is 1.98. The number of hydrogen-bond donors (Lipinski definition) is 1. The van der Waals surface area contributed by atoms with Crippen LogP contribution in [0.1, 0.15) is 18.4 Å². The average molecular weight is 410 g/mol. The molecular weight excluding hydrogens is 388 g/mol. The standard InChI is InChI=1S/C19H21ClN2O.BrH/c20-16-6-8-17(9-7-16)22(18-10-12-21-13-11-18)19(23)14-15-4-2-1-3-5-15;/h1-9,18,21H,10-14H2;1H. The Morgan fingerprint density at radius 2 is 1.67 bits per heavy atom. The lowest BCUT2D eigenvalue weighted by Gasteiger charge is -2.35. The third kappa shape index (κ3) is 4.82. The molecule has 1 aliphatic heterocycles. The van der Waals surface area contributed by atoms with Crippen molar-refractivity contribution in [2.24, 2.45) is 0 Å². The highest BCUT2D eigenvalue weighted by Gasteiger charge is 2.26. The topological polar surface area (TPSA) is 32.3 Å². The van der Waals surface area contributed by atoms with Crippen molar-refractivity contribution < 1.29 is 4.79 Å². The van der Waals surface area contributed by atoms with Gasteiger partial charge >= 0.3 is 0 Å². The van der Waals surface area contributed by atoms with Crippen molar-refractivity contribution in [1.29, 1.82) is 0 Å². The van der Waals surface area contributed by atoms with E-state index in [1.807, 2.05) is 59.5 Å². The predicted octanol–water partition coefficient (Wildman–Crippen LogP) is 4.25. The fraction of sp³-hybridized carbons (Fsp3) is 0.316. The van der Waals surface area contributed by atoms with Crippen molar-refractivity contribution in [1.82, 2.24) is 5.32 Å². The van der Waals surface area contributed by atoms with Gasteiger partial charge in [-0.25, -0.2) is 0 Å². The van der Waals surface area contributed by atoms with Crippen molar-refractivity contribution in [3.8, 4) is 0 Å². The average Bonchev–Trinajstić information content (AvgIpc) is 2.59. The number of carbonyl (C=O) groups is 1. The van der Waals surface area contributed by atoms with Gasteiger partial charge in [0.05, 0.1) is 6.42 Å². The Labute approximate surface area is 158 Å². The molecule has 24 heavy (non-hydrogen) atoms. The summed E-state index contributed by atoms with van der Waals surface area (Å²) in [6.07, 6.45) is 2.37. The summed E-state index contributed by atoms with van der Waals surface area (Å²) < 4.78 is 0. The molecule has 5 heteroatoms. The molecule has 0 saturated carbocycles. The smallest absolute Gasteiger partial charge is 0.231 e. The molecule has 1 aliphatic rings. The first-order chi connectivity index (χ1) is 11.2. The van der Waals surface area contributed by atoms with Crippen LogP contribution in [0, 0.1) is 0 Å². The molecular formula is C19H22BrClN2O. The van der Waals surface area contributed by atoms with Crippen LogP contribution < -0.4 is 10.2 Å². The second-order valence-corrected chi connectivity index (χ2v) is 6.32. The highest BCUT2D eigenvalue weighted by molar-refractivity contribution is 8.93. The number of nitrogens with one attached hydrogen (secondary N) is 1. The zero-order valence-corrected chi connectivity index (χ0v) is 15.9. The minimum absolute atomic E-state index is 0. The number of nitrogens with zero attached hydrogens (tertiary/aromatic N) is 1. The second kappa shape index (κ2) is 9.21. The maximum atomic E-state index is 13.0. The van der Waals surface area contributed by atoms with Gasteiger partial charge in [0.25, 0.3) is 0 Å². The minimum Gasteiger partial charge on any atom is -0.317 e. The molecule has 2 aromatic rings. The summed E-state index contributed by atoms with van der Waals surface area (Å²) in [6.45, 7) is 1.90. The second-order valence-electron chi connectivity index (χ2n) is 5.88. The van der Waals surface area contributed by atoms with E-state index in [9.17, 15) is 4.79 Å². The van der Waals surface area contributed by atoms with Gasteiger partial charge in [-0.3, -0.25) is 4.79 Å². The Morgan fingerprint density at radius 1 is 1.04 bits per heavy atom. The van der Waals surface area contributed by atoms with Crippen LogP contribution in [-0.2, 0) is 11.2 Å². The Hall–Kier alpha value is -1.36. The first kappa shape index (κ1) is 19.0. The molecule has 0 radical (unpaired) electrons. The predicted molar refractivity (Wildman–Crippen MR) is 105 cm³/mol. The number of benzene rings is 2. The van der Waals surface area contributed by atoms with Crippen molar-refractivity contribution in [3.63, 3.8) is 0 Å². The Bertz CT molecular complexity index is 642. The third-order valence-electron chi connectivity index (χ3n) is 4.25. The molecule has 0 atom stereocenters. The molecule has 2 aromatic carbocycles. The van der Waals surface area contributed by atoms with E-state index in [4.69, 9.17) is 11.6 Å². The lowest BCUT2D eigenvalue weighted by Crippen LogP contribution is -2.47. The molecule has 0 spiro atoms. The number of piperidine rings is 1. The van der Waals surface area contributed by atoms with E-state index in [1.165, 1.54) is 0 Å². The number of halogens is 2. The molecule has 1 saturated heterocycles. The summed E-state index contributed by atoms with van der Waals surface area (Å²) in [7, 11) is 0. The monoisotopic (exact) mass is 408 g/mol. The fourth-order valence-corrected chi connectivity index (χ4v) is 3.21. The molecule has 0 aliphatic carbocycles. The van der Waals surface area contributed by atoms with Crippen LogP contribution in [0.25, 0.3) is 0 Å². The molecule has 3 nitrogen and oxygen atoms in total. The van der Waals surface area contributed by atoms with E-state index in [-0.39, 0.29) is 28.9 Å². The summed E-state index contributed by atoms with van der Waals surface area (Å²) in [4.78, 5) is 14.9. The van der Waals surface area contributed by atoms with Gasteiger partial charge in [0.1, 0.15) is 0 Å². The van der Waals surface area contributed by atoms with E-state index >= 15 is 0 Å². The van der Waals surface area contributed by atoms with Crippen LogP contribution in [0.4, 0.5) is 5.69 Å². The summed E-state index contributed by atoms with van der Waals surface area (Å²) >= 11 is 6.00. The maximum Gasteiger partial charge on any atom is 0.231 e. The summed E-state index contributed by atoms with van der Waals surface area (Å²) in [6, 6.07) is 17.7. The van der Waals surface area contributed by atoms with Gasteiger partial charge < -0.3 is 10.2 Å². The van der Waals surface area contributed by atoms with E-state index in [2.05, 4.69) is 5.32 Å². The van der Waals surface area contributed by atoms with Crippen molar-refractivity contribution >= 4 is 40.2 Å². The van der Waals surface area contributed by atoms with Crippen LogP contribution >= 0.6 is 28.6 Å². The number of hydrogen-bond acceptors (Lipinski definition) is 2. The highest BCUT2D eigenvalue weighted by atomic mass is 79.9. The van der Waals surface area contributed by atoms with E-state index in [0.717, 1.165) is 37.2 Å². The number of carbonyl (C=O) groups excluding carboxylic acids is 1. The van der Waals surface area contributed by atoms with Crippen molar-refractivity contribution in [2.75, 3.05) is 18.0 Å². The minimum atomic E-state index is 0. The molecule has 3 rings (SSSR count). The zero-order chi connectivity index (χ0) is 16.1. The third-order valence-corrected chi connectivity index (χ3v) is 4.50. The van der Waals surface area contributed by atoms with Crippen LogP contribution in [0.2, 0.25) is 5.02 Å². The van der Waals surface area contributed by atoms with Crippen molar-refractivity contribution in [3.05, 3.63) is 65.2 Å². The summed E-state index contributed by atoms with van der Waals surface area (Å²) in [5.74, 6) is 0.144. The van der Waals surface area contributed by atoms with Crippen molar-refractivity contribution in [2.45, 2.75) is 25.3 Å². The zero-order valence-electron chi connectivity index (χ0n) is 13.5. The molecule has 128 valence electrons. The highest BCUT2D eigenvalue weighted by Crippen LogP contribution is 2.25. The normalized spacial score (nSPS) is 14.7. The fourth-order valence-electron chi connectivity index (χ4n) is 3.08. The first-order valence-electron chi connectivity index (χ1n) is 8.06. The van der Waals surface area contributed by atoms with Crippen LogP contribution in [-0.4, -0.2) is 25.0 Å². The molecule has 1 fully saturated rings. The van der Waals surface area contributed by atoms with E-state index in [1.54, 1.807) is 0 Å². The molecule has 0 bridgehead atoms. The van der Waals surface area contributed by atoms with Gasteiger partial charge in [0.2, 0.25) is 5.91 Å². The number of amides is 1. The first-order valence-corrected chi connectivity index (χ1v) is 8.44. The molecule has 1 N–H and O–H groups in total. The van der Waals surface area contributed by atoms with Crippen LogP contribution in [0.5, 0.6) is 0 Å². The Balaban J connectivity index is 0.00000208. The van der Waals surface area contributed by atoms with Gasteiger partial charge in [-0.1, -0.05) is 41.9 Å². The van der Waals surface area contributed by atoms with Crippen LogP contribution in [0.3, 0.4) is 0 Å². The molecule has 0 unspecified atom stereocenters. The van der Waals surface area contributed by atoms with Gasteiger partial charge in [-0.15, -0.1) is 17.0 Å². The van der Waals surface area contributed by atoms with Crippen LogP contribution in [0.15, 0.2) is 54.6 Å². The Kier molecular flexibility index (Phi) is 7.28. The van der Waals surface area contributed by atoms with E-state index < -0.39 is 0 Å². The largest absolute Gasteiger partial charge is 0.317 e. The maximum absolute atomic E-state index is 13.0. The molecule has 1 amide bonds. The Morgan fingerprint density at radius 3 is 2.29 bits per heavy atom. The lowest BCUT2D eigenvalue weighted by molar-refractivity contribution is -0.118. The van der Waals surface area contributed by atoms with Gasteiger partial charge in [0.15, 0.2) is 0 Å². The van der Waals surface area contributed by atoms with Gasteiger partial charge in [0, 0.05) is 16.8 Å². The quantitative estimate of drug-likeness (QED) is 0.819. The summed E-state index contributed by atoms with van der Waals surface area (Å²) in [5, 5.41) is 4.05. The number of rotatable bonds is 4. The SMILES string of the molecule is Br.O=C(Cc1ccccc1)N(c1ccc(Cl)cc1)C1CCNCC1. The van der Waals surface area contributed by atoms with Gasteiger partial charge in [-0.2, -0.15) is 0 Å². The number of anilines is 1. The van der Waals surface area contributed by atoms with E-state index in [0.29, 0.717) is 11.4 Å².